The van der Waals surface area contributed by atoms with Crippen molar-refractivity contribution < 1.29 is 13.9 Å². The summed E-state index contributed by atoms with van der Waals surface area (Å²) < 4.78 is 20.1. The molecule has 0 radical (unpaired) electrons. The molecule has 0 saturated heterocycles. The van der Waals surface area contributed by atoms with Gasteiger partial charge in [-0.15, -0.1) is 0 Å². The number of aryl methyl sites for hydroxylation is 1. The first-order valence-corrected chi connectivity index (χ1v) is 7.50. The molecule has 0 atom stereocenters. The summed E-state index contributed by atoms with van der Waals surface area (Å²) in [6.45, 7) is 0.280. The molecule has 2 heterocycles. The molecule has 8 heteroatoms. The van der Waals surface area contributed by atoms with E-state index in [1.54, 1.807) is 22.8 Å². The lowest BCUT2D eigenvalue weighted by molar-refractivity contribution is -0.123. The van der Waals surface area contributed by atoms with Gasteiger partial charge in [-0.05, 0) is 30.5 Å². The Balaban J connectivity index is 1.38. The zero-order valence-corrected chi connectivity index (χ0v) is 12.9. The van der Waals surface area contributed by atoms with Crippen molar-refractivity contribution in [3.63, 3.8) is 0 Å². The number of hydrogen-bond acceptors (Lipinski definition) is 5. The summed E-state index contributed by atoms with van der Waals surface area (Å²) in [5.41, 5.74) is 1.00. The van der Waals surface area contributed by atoms with Gasteiger partial charge in [0.2, 0.25) is 0 Å². The minimum absolute atomic E-state index is 0.0693. The van der Waals surface area contributed by atoms with Gasteiger partial charge in [0.05, 0.1) is 0 Å². The van der Waals surface area contributed by atoms with E-state index in [0.29, 0.717) is 12.3 Å². The highest BCUT2D eigenvalue weighted by molar-refractivity contribution is 5.77. The number of rotatable bonds is 7. The van der Waals surface area contributed by atoms with Gasteiger partial charge >= 0.3 is 0 Å². The number of amides is 1. The van der Waals surface area contributed by atoms with E-state index >= 15 is 0 Å². The maximum Gasteiger partial charge on any atom is 0.257 e. The zero-order chi connectivity index (χ0) is 16.8. The van der Waals surface area contributed by atoms with Crippen molar-refractivity contribution in [2.24, 2.45) is 0 Å². The maximum absolute atomic E-state index is 13.3. The molecule has 0 fully saturated rings. The second-order valence-corrected chi connectivity index (χ2v) is 5.14. The molecule has 0 aliphatic rings. The van der Waals surface area contributed by atoms with Crippen LogP contribution in [0.15, 0.2) is 43.0 Å². The summed E-state index contributed by atoms with van der Waals surface area (Å²) in [5, 5.41) is 6.76. The van der Waals surface area contributed by atoms with Crippen molar-refractivity contribution in [2.45, 2.75) is 12.8 Å². The minimum atomic E-state index is -0.485. The number of nitrogens with one attached hydrogen (secondary N) is 1. The van der Waals surface area contributed by atoms with Gasteiger partial charge in [0.15, 0.2) is 18.2 Å². The topological polar surface area (TPSA) is 81.4 Å². The Morgan fingerprint density at radius 3 is 3.04 bits per heavy atom. The molecule has 0 spiro atoms. The van der Waals surface area contributed by atoms with Gasteiger partial charge in [-0.25, -0.2) is 13.9 Å². The summed E-state index contributed by atoms with van der Waals surface area (Å²) in [6.07, 6.45) is 6.54. The number of benzene rings is 1. The average Bonchev–Trinajstić information content (AvgIpc) is 3.06. The van der Waals surface area contributed by atoms with Crippen molar-refractivity contribution in [3.8, 4) is 5.75 Å². The van der Waals surface area contributed by atoms with E-state index in [0.717, 1.165) is 18.4 Å². The predicted molar refractivity (Wildman–Crippen MR) is 84.0 cm³/mol. The van der Waals surface area contributed by atoms with Crippen molar-refractivity contribution in [1.29, 1.82) is 0 Å². The fourth-order valence-corrected chi connectivity index (χ4v) is 2.16. The normalized spacial score (nSPS) is 10.7. The highest BCUT2D eigenvalue weighted by Gasteiger charge is 2.06. The van der Waals surface area contributed by atoms with Crippen LogP contribution in [0.3, 0.4) is 0 Å². The quantitative estimate of drug-likeness (QED) is 0.663. The molecular weight excluding hydrogens is 313 g/mol. The predicted octanol–water partition coefficient (Wildman–Crippen LogP) is 1.39. The van der Waals surface area contributed by atoms with E-state index in [9.17, 15) is 9.18 Å². The number of aromatic nitrogens is 4. The molecule has 1 amide bonds. The molecule has 0 bridgehead atoms. The Bertz CT molecular complexity index is 836. The van der Waals surface area contributed by atoms with Gasteiger partial charge < -0.3 is 10.1 Å². The van der Waals surface area contributed by atoms with Crippen LogP contribution in [0.5, 0.6) is 5.75 Å². The van der Waals surface area contributed by atoms with Crippen LogP contribution in [0.1, 0.15) is 12.0 Å². The number of halogens is 1. The Kier molecular flexibility index (Phi) is 4.95. The van der Waals surface area contributed by atoms with Crippen LogP contribution in [-0.4, -0.2) is 38.6 Å². The number of carbonyl (C=O) groups is 1. The molecule has 7 nitrogen and oxygen atoms in total. The number of ether oxygens (including phenoxy) is 1. The number of nitrogens with zero attached hydrogens (tertiary/aromatic N) is 4. The van der Waals surface area contributed by atoms with Crippen LogP contribution in [0, 0.1) is 5.82 Å². The minimum Gasteiger partial charge on any atom is -0.481 e. The molecule has 1 aromatic carbocycles. The molecular formula is C16H16FN5O2. The highest BCUT2D eigenvalue weighted by atomic mass is 19.1. The van der Waals surface area contributed by atoms with Crippen molar-refractivity contribution >= 4 is 11.7 Å². The van der Waals surface area contributed by atoms with Crippen LogP contribution in [-0.2, 0) is 11.2 Å². The fourth-order valence-electron chi connectivity index (χ4n) is 2.16. The van der Waals surface area contributed by atoms with Crippen molar-refractivity contribution in [2.75, 3.05) is 13.2 Å². The Hall–Kier alpha value is -3.03. The SMILES string of the molecule is O=C(COc1ccccc1F)NCCCc1cnc2ncnn2c1. The second-order valence-electron chi connectivity index (χ2n) is 5.14. The van der Waals surface area contributed by atoms with E-state index in [-0.39, 0.29) is 18.3 Å². The first-order valence-electron chi connectivity index (χ1n) is 7.50. The average molecular weight is 329 g/mol. The molecule has 0 saturated carbocycles. The fraction of sp³-hybridized carbons (Fsp3) is 0.250. The molecule has 24 heavy (non-hydrogen) atoms. The first kappa shape index (κ1) is 15.9. The third kappa shape index (κ3) is 4.03. The van der Waals surface area contributed by atoms with Crippen LogP contribution in [0.2, 0.25) is 0 Å². The van der Waals surface area contributed by atoms with Gasteiger partial charge in [0, 0.05) is 18.9 Å². The van der Waals surface area contributed by atoms with Crippen LogP contribution in [0.25, 0.3) is 5.78 Å². The molecule has 0 aliphatic carbocycles. The standard InChI is InChI=1S/C16H16FN5O2/c17-13-5-1-2-6-14(13)24-10-15(23)18-7-3-4-12-8-19-16-20-11-21-22(16)9-12/h1-2,5-6,8-9,11H,3-4,7,10H2,(H,18,23). The number of hydrogen-bond donors (Lipinski definition) is 1. The van der Waals surface area contributed by atoms with E-state index in [2.05, 4.69) is 20.4 Å². The number of para-hydroxylation sites is 1. The van der Waals surface area contributed by atoms with Crippen LogP contribution in [0.4, 0.5) is 4.39 Å². The summed E-state index contributed by atoms with van der Waals surface area (Å²) in [6, 6.07) is 5.98. The molecule has 1 N–H and O–H groups in total. The number of fused-ring (bicyclic) bond motifs is 1. The number of carbonyl (C=O) groups excluding carboxylic acids is 1. The van der Waals surface area contributed by atoms with Gasteiger partial charge in [-0.3, -0.25) is 4.79 Å². The summed E-state index contributed by atoms with van der Waals surface area (Å²) in [7, 11) is 0. The summed E-state index contributed by atoms with van der Waals surface area (Å²) in [5.74, 6) is -0.151. The second kappa shape index (κ2) is 7.49. The summed E-state index contributed by atoms with van der Waals surface area (Å²) in [4.78, 5) is 19.8. The smallest absolute Gasteiger partial charge is 0.257 e. The monoisotopic (exact) mass is 329 g/mol. The molecule has 0 aliphatic heterocycles. The molecule has 3 rings (SSSR count). The Labute approximate surface area is 137 Å². The Morgan fingerprint density at radius 2 is 2.17 bits per heavy atom. The van der Waals surface area contributed by atoms with Gasteiger partial charge in [-0.1, -0.05) is 12.1 Å². The van der Waals surface area contributed by atoms with Crippen LogP contribution < -0.4 is 10.1 Å². The van der Waals surface area contributed by atoms with E-state index < -0.39 is 5.82 Å². The first-order chi connectivity index (χ1) is 11.7. The maximum atomic E-state index is 13.3. The zero-order valence-electron chi connectivity index (χ0n) is 12.9. The van der Waals surface area contributed by atoms with Gasteiger partial charge in [0.1, 0.15) is 6.33 Å². The van der Waals surface area contributed by atoms with E-state index in [1.165, 1.54) is 18.5 Å². The molecule has 0 unspecified atom stereocenters. The van der Waals surface area contributed by atoms with Gasteiger partial charge in [-0.2, -0.15) is 10.1 Å². The lowest BCUT2D eigenvalue weighted by atomic mass is 10.2. The highest BCUT2D eigenvalue weighted by Crippen LogP contribution is 2.14. The molecule has 124 valence electrons. The third-order valence-corrected chi connectivity index (χ3v) is 3.35. The lowest BCUT2D eigenvalue weighted by Crippen LogP contribution is -2.30. The Morgan fingerprint density at radius 1 is 1.29 bits per heavy atom. The van der Waals surface area contributed by atoms with E-state index in [4.69, 9.17) is 4.74 Å². The summed E-state index contributed by atoms with van der Waals surface area (Å²) >= 11 is 0. The largest absolute Gasteiger partial charge is 0.481 e. The van der Waals surface area contributed by atoms with Crippen LogP contribution >= 0.6 is 0 Å². The van der Waals surface area contributed by atoms with Crippen molar-refractivity contribution in [1.82, 2.24) is 24.9 Å². The third-order valence-electron chi connectivity index (χ3n) is 3.35. The van der Waals surface area contributed by atoms with E-state index in [1.807, 2.05) is 6.20 Å². The molecule has 3 aromatic rings. The lowest BCUT2D eigenvalue weighted by Gasteiger charge is -2.08. The van der Waals surface area contributed by atoms with Gasteiger partial charge in [0.25, 0.3) is 11.7 Å². The molecule has 2 aromatic heterocycles. The van der Waals surface area contributed by atoms with Crippen molar-refractivity contribution in [3.05, 3.63) is 54.4 Å².